The molecule has 7 nitrogen and oxygen atoms in total. The lowest BCUT2D eigenvalue weighted by Crippen LogP contribution is -2.28. The van der Waals surface area contributed by atoms with Gasteiger partial charge in [0.2, 0.25) is 5.91 Å². The Labute approximate surface area is 196 Å². The lowest BCUT2D eigenvalue weighted by Gasteiger charge is -2.27. The van der Waals surface area contributed by atoms with Gasteiger partial charge in [0.1, 0.15) is 5.37 Å². The monoisotopic (exact) mass is 461 g/mol. The van der Waals surface area contributed by atoms with Crippen LogP contribution in [0.4, 0.5) is 17.1 Å². The van der Waals surface area contributed by atoms with E-state index in [1.807, 2.05) is 41.3 Å². The number of thioether (sulfide) groups is 1. The van der Waals surface area contributed by atoms with Crippen LogP contribution in [0.25, 0.3) is 0 Å². The molecule has 4 rings (SSSR count). The standard InChI is InChI=1S/C25H23N3O4S/c1-2-7-17-8-3-4-13-22(17)27-23(29)16-33-25(27)19-10-5-11-20(14-19)26-24(30)18-9-6-12-21(15-18)28(31)32/h3-6,8-15,25H,2,7,16H2,1H3,(H,26,30)/t25-/m0/s1. The zero-order chi connectivity index (χ0) is 23.4. The van der Waals surface area contributed by atoms with Crippen molar-refractivity contribution >= 4 is 40.6 Å². The van der Waals surface area contributed by atoms with Gasteiger partial charge in [-0.25, -0.2) is 0 Å². The Balaban J connectivity index is 1.59. The number of carbonyl (C=O) groups excluding carboxylic acids is 2. The number of nitrogens with zero attached hydrogens (tertiary/aromatic N) is 2. The van der Waals surface area contributed by atoms with Gasteiger partial charge >= 0.3 is 0 Å². The van der Waals surface area contributed by atoms with E-state index in [2.05, 4.69) is 18.3 Å². The van der Waals surface area contributed by atoms with Gasteiger partial charge < -0.3 is 5.32 Å². The molecule has 2 amide bonds. The zero-order valence-electron chi connectivity index (χ0n) is 18.1. The third-order valence-corrected chi connectivity index (χ3v) is 6.60. The second-order valence-corrected chi connectivity index (χ2v) is 8.76. The Kier molecular flexibility index (Phi) is 6.74. The number of carbonyl (C=O) groups is 2. The zero-order valence-corrected chi connectivity index (χ0v) is 18.9. The Morgan fingerprint density at radius 3 is 2.70 bits per heavy atom. The Bertz CT molecular complexity index is 1210. The maximum Gasteiger partial charge on any atom is 0.270 e. The first kappa shape index (κ1) is 22.5. The molecule has 1 aliphatic rings. The number of aryl methyl sites for hydroxylation is 1. The van der Waals surface area contributed by atoms with Crippen LogP contribution >= 0.6 is 11.8 Å². The van der Waals surface area contributed by atoms with Crippen molar-refractivity contribution < 1.29 is 14.5 Å². The van der Waals surface area contributed by atoms with Crippen LogP contribution in [0, 0.1) is 10.1 Å². The van der Waals surface area contributed by atoms with E-state index in [4.69, 9.17) is 0 Å². The largest absolute Gasteiger partial charge is 0.322 e. The van der Waals surface area contributed by atoms with E-state index in [1.165, 1.54) is 24.3 Å². The number of anilines is 2. The topological polar surface area (TPSA) is 92.6 Å². The Morgan fingerprint density at radius 2 is 1.91 bits per heavy atom. The van der Waals surface area contributed by atoms with Crippen LogP contribution < -0.4 is 10.2 Å². The minimum Gasteiger partial charge on any atom is -0.322 e. The summed E-state index contributed by atoms with van der Waals surface area (Å²) in [4.78, 5) is 37.8. The molecule has 1 N–H and O–H groups in total. The van der Waals surface area contributed by atoms with E-state index in [1.54, 1.807) is 17.8 Å². The van der Waals surface area contributed by atoms with Gasteiger partial charge in [-0.1, -0.05) is 49.7 Å². The summed E-state index contributed by atoms with van der Waals surface area (Å²) in [6.07, 6.45) is 1.87. The Hall–Kier alpha value is -3.65. The number of hydrogen-bond acceptors (Lipinski definition) is 5. The molecule has 0 radical (unpaired) electrons. The number of benzene rings is 3. The molecule has 33 heavy (non-hydrogen) atoms. The number of para-hydroxylation sites is 1. The van der Waals surface area contributed by atoms with Crippen molar-refractivity contribution in [2.75, 3.05) is 16.0 Å². The molecule has 3 aromatic rings. The molecule has 0 aromatic heterocycles. The summed E-state index contributed by atoms with van der Waals surface area (Å²) >= 11 is 1.55. The van der Waals surface area contributed by atoms with Crippen LogP contribution in [0.5, 0.6) is 0 Å². The number of nitro groups is 1. The van der Waals surface area contributed by atoms with Crippen LogP contribution in [0.15, 0.2) is 72.8 Å². The maximum atomic E-state index is 12.8. The smallest absolute Gasteiger partial charge is 0.270 e. The number of nitro benzene ring substituents is 1. The van der Waals surface area contributed by atoms with E-state index in [0.717, 1.165) is 29.7 Å². The van der Waals surface area contributed by atoms with Gasteiger partial charge in [0.05, 0.1) is 10.7 Å². The molecular weight excluding hydrogens is 438 g/mol. The SMILES string of the molecule is CCCc1ccccc1N1C(=O)CS[C@H]1c1cccc(NC(=O)c2cccc([N+](=O)[O-])c2)c1. The van der Waals surface area contributed by atoms with Crippen molar-refractivity contribution in [1.82, 2.24) is 0 Å². The number of amides is 2. The van der Waals surface area contributed by atoms with Crippen molar-refractivity contribution in [2.45, 2.75) is 25.1 Å². The van der Waals surface area contributed by atoms with E-state index < -0.39 is 10.8 Å². The van der Waals surface area contributed by atoms with Crippen LogP contribution in [0.2, 0.25) is 0 Å². The van der Waals surface area contributed by atoms with E-state index in [-0.39, 0.29) is 22.5 Å². The quantitative estimate of drug-likeness (QED) is 0.366. The van der Waals surface area contributed by atoms with Crippen LogP contribution in [0.3, 0.4) is 0 Å². The van der Waals surface area contributed by atoms with Crippen molar-refractivity contribution in [3.63, 3.8) is 0 Å². The highest BCUT2D eigenvalue weighted by Crippen LogP contribution is 2.43. The molecule has 0 saturated carbocycles. The average molecular weight is 462 g/mol. The van der Waals surface area contributed by atoms with Crippen LogP contribution in [-0.4, -0.2) is 22.5 Å². The van der Waals surface area contributed by atoms with Crippen molar-refractivity contribution in [3.05, 3.63) is 99.6 Å². The van der Waals surface area contributed by atoms with E-state index in [0.29, 0.717) is 11.4 Å². The van der Waals surface area contributed by atoms with Gasteiger partial charge in [-0.2, -0.15) is 0 Å². The maximum absolute atomic E-state index is 12.8. The number of hydrogen-bond donors (Lipinski definition) is 1. The minimum absolute atomic E-state index is 0.0552. The molecule has 3 aromatic carbocycles. The predicted molar refractivity (Wildman–Crippen MR) is 131 cm³/mol. The lowest BCUT2D eigenvalue weighted by molar-refractivity contribution is -0.384. The summed E-state index contributed by atoms with van der Waals surface area (Å²) in [5.74, 6) is 0.00537. The molecular formula is C25H23N3O4S. The molecule has 1 heterocycles. The predicted octanol–water partition coefficient (Wildman–Crippen LogP) is 5.58. The number of rotatable bonds is 7. The molecule has 0 spiro atoms. The van der Waals surface area contributed by atoms with Crippen molar-refractivity contribution in [3.8, 4) is 0 Å². The molecule has 1 aliphatic heterocycles. The summed E-state index contributed by atoms with van der Waals surface area (Å²) in [7, 11) is 0. The van der Waals surface area contributed by atoms with Crippen molar-refractivity contribution in [1.29, 1.82) is 0 Å². The summed E-state index contributed by atoms with van der Waals surface area (Å²) < 4.78 is 0. The fourth-order valence-corrected chi connectivity index (χ4v) is 5.05. The molecule has 8 heteroatoms. The molecule has 0 bridgehead atoms. The molecule has 1 atom stereocenters. The summed E-state index contributed by atoms with van der Waals surface area (Å²) in [5, 5.41) is 13.6. The Morgan fingerprint density at radius 1 is 1.12 bits per heavy atom. The summed E-state index contributed by atoms with van der Waals surface area (Å²) in [6.45, 7) is 2.11. The van der Waals surface area contributed by atoms with E-state index >= 15 is 0 Å². The van der Waals surface area contributed by atoms with Crippen LogP contribution in [-0.2, 0) is 11.2 Å². The van der Waals surface area contributed by atoms with Gasteiger partial charge in [0, 0.05) is 29.1 Å². The first-order valence-corrected chi connectivity index (χ1v) is 11.7. The highest BCUT2D eigenvalue weighted by Gasteiger charge is 2.35. The van der Waals surface area contributed by atoms with Gasteiger partial charge in [0.15, 0.2) is 0 Å². The van der Waals surface area contributed by atoms with Gasteiger partial charge in [-0.3, -0.25) is 24.6 Å². The van der Waals surface area contributed by atoms with Crippen LogP contribution in [0.1, 0.15) is 40.2 Å². The third kappa shape index (κ3) is 4.90. The number of non-ortho nitro benzene ring substituents is 1. The number of nitrogens with one attached hydrogen (secondary N) is 1. The third-order valence-electron chi connectivity index (χ3n) is 5.39. The van der Waals surface area contributed by atoms with Crippen molar-refractivity contribution in [2.24, 2.45) is 0 Å². The van der Waals surface area contributed by atoms with Gasteiger partial charge in [-0.15, -0.1) is 11.8 Å². The summed E-state index contributed by atoms with van der Waals surface area (Å²) in [6, 6.07) is 21.0. The highest BCUT2D eigenvalue weighted by atomic mass is 32.2. The normalized spacial score (nSPS) is 15.5. The second-order valence-electron chi connectivity index (χ2n) is 7.69. The van der Waals surface area contributed by atoms with E-state index in [9.17, 15) is 19.7 Å². The lowest BCUT2D eigenvalue weighted by atomic mass is 10.1. The fraction of sp³-hybridized carbons (Fsp3) is 0.200. The summed E-state index contributed by atoms with van der Waals surface area (Å²) in [5.41, 5.74) is 3.58. The average Bonchev–Trinajstić information content (AvgIpc) is 3.21. The first-order chi connectivity index (χ1) is 16.0. The molecule has 168 valence electrons. The van der Waals surface area contributed by atoms with Gasteiger partial charge in [-0.05, 0) is 41.8 Å². The minimum atomic E-state index is -0.531. The first-order valence-electron chi connectivity index (χ1n) is 10.6. The second kappa shape index (κ2) is 9.87. The highest BCUT2D eigenvalue weighted by molar-refractivity contribution is 8.00. The fourth-order valence-electron chi connectivity index (χ4n) is 3.89. The van der Waals surface area contributed by atoms with Gasteiger partial charge in [0.25, 0.3) is 11.6 Å². The molecule has 0 aliphatic carbocycles. The molecule has 1 fully saturated rings. The molecule has 1 saturated heterocycles. The molecule has 0 unspecified atom stereocenters.